The summed E-state index contributed by atoms with van der Waals surface area (Å²) in [7, 11) is 0. The third-order valence-electron chi connectivity index (χ3n) is 6.29. The fourth-order valence-corrected chi connectivity index (χ4v) is 4.67. The Morgan fingerprint density at radius 2 is 1.90 bits per heavy atom. The fourth-order valence-electron chi connectivity index (χ4n) is 4.67. The topological polar surface area (TPSA) is 67.2 Å². The Bertz CT molecular complexity index is 915. The molecule has 1 aromatic heterocycles. The molecule has 1 amide bonds. The highest BCUT2D eigenvalue weighted by atomic mass is 19.1. The second-order valence-electron chi connectivity index (χ2n) is 8.49. The van der Waals surface area contributed by atoms with Crippen LogP contribution in [0, 0.1) is 11.7 Å². The van der Waals surface area contributed by atoms with Gasteiger partial charge in [-0.2, -0.15) is 0 Å². The van der Waals surface area contributed by atoms with Crippen LogP contribution in [0.25, 0.3) is 10.9 Å². The Hall–Kier alpha value is -2.28. The van der Waals surface area contributed by atoms with E-state index in [-0.39, 0.29) is 23.9 Å². The number of rotatable bonds is 5. The van der Waals surface area contributed by atoms with Crippen LogP contribution in [0.1, 0.15) is 44.9 Å². The lowest BCUT2D eigenvalue weighted by molar-refractivity contribution is -0.122. The molecule has 156 valence electrons. The van der Waals surface area contributed by atoms with Crippen LogP contribution in [0.5, 0.6) is 0 Å². The van der Waals surface area contributed by atoms with E-state index >= 15 is 0 Å². The average Bonchev–Trinajstić information content (AvgIpc) is 2.73. The van der Waals surface area contributed by atoms with E-state index in [1.54, 1.807) is 0 Å². The zero-order valence-electron chi connectivity index (χ0n) is 16.8. The van der Waals surface area contributed by atoms with Crippen molar-refractivity contribution < 1.29 is 9.18 Å². The Morgan fingerprint density at radius 1 is 1.14 bits per heavy atom. The molecule has 1 aromatic carbocycles. The van der Waals surface area contributed by atoms with Gasteiger partial charge in [-0.1, -0.05) is 19.3 Å². The van der Waals surface area contributed by atoms with E-state index in [4.69, 9.17) is 0 Å². The number of carbonyl (C=O) groups excluding carboxylic acids is 1. The van der Waals surface area contributed by atoms with Gasteiger partial charge in [0.1, 0.15) is 12.4 Å². The van der Waals surface area contributed by atoms with Crippen molar-refractivity contribution in [2.45, 2.75) is 57.5 Å². The van der Waals surface area contributed by atoms with E-state index in [1.165, 1.54) is 67.7 Å². The summed E-state index contributed by atoms with van der Waals surface area (Å²) < 4.78 is 14.7. The molecule has 1 saturated carbocycles. The number of aromatic nitrogens is 2. The van der Waals surface area contributed by atoms with Gasteiger partial charge in [-0.3, -0.25) is 14.2 Å². The van der Waals surface area contributed by atoms with Gasteiger partial charge in [0, 0.05) is 25.7 Å². The van der Waals surface area contributed by atoms with Crippen molar-refractivity contribution in [2.75, 3.05) is 19.6 Å². The highest BCUT2D eigenvalue weighted by molar-refractivity contribution is 5.79. The molecule has 1 N–H and O–H groups in total. The first kappa shape index (κ1) is 20.0. The van der Waals surface area contributed by atoms with Gasteiger partial charge in [0.2, 0.25) is 5.91 Å². The molecule has 0 atom stereocenters. The summed E-state index contributed by atoms with van der Waals surface area (Å²) in [6, 6.07) is 4.05. The molecule has 0 spiro atoms. The van der Waals surface area contributed by atoms with Crippen molar-refractivity contribution in [3.05, 3.63) is 40.7 Å². The van der Waals surface area contributed by atoms with Crippen molar-refractivity contribution >= 4 is 16.8 Å². The van der Waals surface area contributed by atoms with Crippen LogP contribution in [0.4, 0.5) is 4.39 Å². The minimum absolute atomic E-state index is 0.0967. The number of nitrogens with one attached hydrogen (secondary N) is 1. The molecular weight excluding hydrogens is 371 g/mol. The van der Waals surface area contributed by atoms with E-state index < -0.39 is 11.4 Å². The number of fused-ring (bicyclic) bond motifs is 1. The van der Waals surface area contributed by atoms with Gasteiger partial charge < -0.3 is 10.2 Å². The van der Waals surface area contributed by atoms with Crippen LogP contribution >= 0.6 is 0 Å². The summed E-state index contributed by atoms with van der Waals surface area (Å²) >= 11 is 0. The minimum atomic E-state index is -0.487. The molecule has 2 fully saturated rings. The van der Waals surface area contributed by atoms with E-state index in [2.05, 4.69) is 15.2 Å². The lowest BCUT2D eigenvalue weighted by Gasteiger charge is -2.35. The molecule has 2 aliphatic rings. The van der Waals surface area contributed by atoms with Gasteiger partial charge >= 0.3 is 0 Å². The Balaban J connectivity index is 1.29. The van der Waals surface area contributed by atoms with Crippen molar-refractivity contribution in [3.63, 3.8) is 0 Å². The maximum Gasteiger partial charge on any atom is 0.261 e. The lowest BCUT2D eigenvalue weighted by Crippen LogP contribution is -2.47. The maximum absolute atomic E-state index is 13.4. The zero-order chi connectivity index (χ0) is 20.2. The summed E-state index contributed by atoms with van der Waals surface area (Å²) in [5, 5.41) is 3.24. The van der Waals surface area contributed by atoms with Gasteiger partial charge in [0.15, 0.2) is 0 Å². The highest BCUT2D eigenvalue weighted by Gasteiger charge is 2.23. The molecule has 0 unspecified atom stereocenters. The van der Waals surface area contributed by atoms with Gasteiger partial charge in [-0.05, 0) is 49.8 Å². The predicted octanol–water partition coefficient (Wildman–Crippen LogP) is 2.70. The molecule has 1 aliphatic heterocycles. The van der Waals surface area contributed by atoms with Gasteiger partial charge in [-0.15, -0.1) is 0 Å². The largest absolute Gasteiger partial charge is 0.352 e. The number of halogens is 1. The molecule has 2 aromatic rings. The van der Waals surface area contributed by atoms with Crippen molar-refractivity contribution in [1.82, 2.24) is 19.8 Å². The third kappa shape index (κ3) is 5.01. The number of hydrogen-bond donors (Lipinski definition) is 1. The van der Waals surface area contributed by atoms with Crippen molar-refractivity contribution in [3.8, 4) is 0 Å². The second-order valence-corrected chi connectivity index (χ2v) is 8.49. The Labute approximate surface area is 170 Å². The molecule has 1 saturated heterocycles. The molecule has 6 nitrogen and oxygen atoms in total. The number of amides is 1. The molecule has 7 heteroatoms. The van der Waals surface area contributed by atoms with Crippen LogP contribution in [-0.4, -0.2) is 46.0 Å². The average molecular weight is 400 g/mol. The van der Waals surface area contributed by atoms with Crippen LogP contribution < -0.4 is 10.9 Å². The van der Waals surface area contributed by atoms with Crippen LogP contribution in [0.2, 0.25) is 0 Å². The van der Waals surface area contributed by atoms with Crippen molar-refractivity contribution in [2.24, 2.45) is 5.92 Å². The summed E-state index contributed by atoms with van der Waals surface area (Å²) in [6.07, 6.45) is 10.1. The lowest BCUT2D eigenvalue weighted by atomic mass is 9.88. The Kier molecular flexibility index (Phi) is 6.23. The third-order valence-corrected chi connectivity index (χ3v) is 6.29. The SMILES string of the molecule is O=C(Cn1cnc2ccc(F)cc2c1=O)NC1CCN(CC2CCCCC2)CC1. The first-order valence-electron chi connectivity index (χ1n) is 10.7. The number of likely N-dealkylation sites (tertiary alicyclic amines) is 1. The summed E-state index contributed by atoms with van der Waals surface area (Å²) in [6.45, 7) is 3.12. The van der Waals surface area contributed by atoms with E-state index in [0.29, 0.717) is 5.52 Å². The molecule has 0 radical (unpaired) electrons. The summed E-state index contributed by atoms with van der Waals surface area (Å²) in [4.78, 5) is 31.6. The number of piperidine rings is 1. The van der Waals surface area contributed by atoms with Crippen molar-refractivity contribution in [1.29, 1.82) is 0 Å². The van der Waals surface area contributed by atoms with Gasteiger partial charge in [0.25, 0.3) is 5.56 Å². The van der Waals surface area contributed by atoms with Crippen LogP contribution in [0.3, 0.4) is 0 Å². The predicted molar refractivity (Wildman–Crippen MR) is 110 cm³/mol. The maximum atomic E-state index is 13.4. The molecule has 2 heterocycles. The number of carbonyl (C=O) groups is 1. The van der Waals surface area contributed by atoms with Gasteiger partial charge in [0.05, 0.1) is 17.2 Å². The number of nitrogens with zero attached hydrogens (tertiary/aromatic N) is 3. The summed E-state index contributed by atoms with van der Waals surface area (Å²) in [5.41, 5.74) is 0.0327. The smallest absolute Gasteiger partial charge is 0.261 e. The van der Waals surface area contributed by atoms with E-state index in [1.807, 2.05) is 0 Å². The first-order valence-corrected chi connectivity index (χ1v) is 10.7. The van der Waals surface area contributed by atoms with E-state index in [0.717, 1.165) is 31.8 Å². The zero-order valence-corrected chi connectivity index (χ0v) is 16.8. The van der Waals surface area contributed by atoms with Crippen LogP contribution in [0.15, 0.2) is 29.3 Å². The molecular formula is C22H29FN4O2. The monoisotopic (exact) mass is 400 g/mol. The molecule has 29 heavy (non-hydrogen) atoms. The first-order chi connectivity index (χ1) is 14.1. The highest BCUT2D eigenvalue weighted by Crippen LogP contribution is 2.25. The molecule has 1 aliphatic carbocycles. The number of hydrogen-bond acceptors (Lipinski definition) is 4. The standard InChI is InChI=1S/C22H29FN4O2/c23-17-6-7-20-19(12-17)22(29)27(15-24-20)14-21(28)25-18-8-10-26(11-9-18)13-16-4-2-1-3-5-16/h6-7,12,15-16,18H,1-5,8-11,13-14H2,(H,25,28). The second kappa shape index (κ2) is 9.03. The number of benzene rings is 1. The summed E-state index contributed by atoms with van der Waals surface area (Å²) in [5.74, 6) is 0.154. The normalized spacial score (nSPS) is 19.5. The minimum Gasteiger partial charge on any atom is -0.352 e. The van der Waals surface area contributed by atoms with Gasteiger partial charge in [-0.25, -0.2) is 9.37 Å². The molecule has 4 rings (SSSR count). The van der Waals surface area contributed by atoms with E-state index in [9.17, 15) is 14.0 Å². The fraction of sp³-hybridized carbons (Fsp3) is 0.591. The Morgan fingerprint density at radius 3 is 2.66 bits per heavy atom. The quantitative estimate of drug-likeness (QED) is 0.838. The van der Waals surface area contributed by atoms with Crippen LogP contribution in [-0.2, 0) is 11.3 Å². The molecule has 0 bridgehead atoms.